The lowest BCUT2D eigenvalue weighted by Crippen LogP contribution is -2.49. The number of amides is 3. The largest absolute Gasteiger partial charge is 0.444 e. The molecule has 3 amide bonds. The number of halogens is 1. The lowest BCUT2D eigenvalue weighted by molar-refractivity contribution is -0.131. The summed E-state index contributed by atoms with van der Waals surface area (Å²) in [5.41, 5.74) is 7.15. The van der Waals surface area contributed by atoms with Gasteiger partial charge in [0.2, 0.25) is 5.91 Å². The normalized spacial score (nSPS) is 17.2. The van der Waals surface area contributed by atoms with Crippen LogP contribution < -0.4 is 20.9 Å². The second-order valence-corrected chi connectivity index (χ2v) is 11.3. The number of nitrogens with zero attached hydrogens (tertiary/aromatic N) is 3. The summed E-state index contributed by atoms with van der Waals surface area (Å²) in [7, 11) is 0. The maximum Gasteiger partial charge on any atom is 0.414 e. The van der Waals surface area contributed by atoms with Crippen LogP contribution in [0.2, 0.25) is 0 Å². The van der Waals surface area contributed by atoms with Crippen molar-refractivity contribution >= 4 is 35.3 Å². The second-order valence-electron chi connectivity index (χ2n) is 11.3. The molecule has 0 aliphatic carbocycles. The van der Waals surface area contributed by atoms with Crippen molar-refractivity contribution in [3.63, 3.8) is 0 Å². The van der Waals surface area contributed by atoms with E-state index in [1.54, 1.807) is 62.1 Å². The van der Waals surface area contributed by atoms with Crippen LogP contribution >= 0.6 is 0 Å². The average molecular weight is 584 g/mol. The van der Waals surface area contributed by atoms with Gasteiger partial charge >= 0.3 is 12.2 Å². The first-order valence-electron chi connectivity index (χ1n) is 14.0. The average Bonchev–Trinajstić information content (AvgIpc) is 3.34. The number of nitrogens with one attached hydrogen (secondary N) is 1. The van der Waals surface area contributed by atoms with E-state index in [9.17, 15) is 19.2 Å². The molecule has 42 heavy (non-hydrogen) atoms. The number of Topliss-reactive ketones (excluding diaryl/α,β-unsaturated/α-hetero) is 1. The molecule has 2 heterocycles. The van der Waals surface area contributed by atoms with Crippen LogP contribution in [0.15, 0.2) is 42.5 Å². The summed E-state index contributed by atoms with van der Waals surface area (Å²) in [6.07, 6.45) is -1.62. The van der Waals surface area contributed by atoms with Crippen LogP contribution in [-0.4, -0.2) is 79.8 Å². The molecule has 0 radical (unpaired) electrons. The van der Waals surface area contributed by atoms with Gasteiger partial charge in [-0.1, -0.05) is 24.3 Å². The molecule has 0 aromatic heterocycles. The number of benzene rings is 2. The number of piperazine rings is 1. The van der Waals surface area contributed by atoms with Gasteiger partial charge in [-0.25, -0.2) is 14.0 Å². The van der Waals surface area contributed by atoms with Gasteiger partial charge in [-0.15, -0.1) is 0 Å². The number of nitrogens with two attached hydrogens (primary N) is 1. The minimum absolute atomic E-state index is 0.0662. The van der Waals surface area contributed by atoms with Gasteiger partial charge in [0.15, 0.2) is 5.78 Å². The Morgan fingerprint density at radius 3 is 2.36 bits per heavy atom. The highest BCUT2D eigenvalue weighted by atomic mass is 19.1. The maximum absolute atomic E-state index is 15.2. The molecule has 0 saturated carbocycles. The number of carbonyl (C=O) groups excluding carboxylic acids is 4. The lowest BCUT2D eigenvalue weighted by Gasteiger charge is -2.36. The molecule has 1 atom stereocenters. The Kier molecular flexibility index (Phi) is 9.66. The fourth-order valence-electron chi connectivity index (χ4n) is 4.82. The fraction of sp³-hybridized carbons (Fsp3) is 0.467. The highest BCUT2D eigenvalue weighted by Gasteiger charge is 2.34. The molecule has 0 spiro atoms. The number of ketones is 1. The maximum atomic E-state index is 15.2. The number of hydrogen-bond acceptors (Lipinski definition) is 8. The van der Waals surface area contributed by atoms with Gasteiger partial charge in [-0.2, -0.15) is 0 Å². The molecule has 11 nitrogen and oxygen atoms in total. The lowest BCUT2D eigenvalue weighted by atomic mass is 10.0. The van der Waals surface area contributed by atoms with E-state index in [0.29, 0.717) is 49.7 Å². The predicted molar refractivity (Wildman–Crippen MR) is 155 cm³/mol. The van der Waals surface area contributed by atoms with Crippen molar-refractivity contribution in [1.29, 1.82) is 0 Å². The molecule has 2 aliphatic rings. The zero-order valence-electron chi connectivity index (χ0n) is 24.2. The standard InChI is InChI=1S/C30H38FN5O6/c1-30(2,3)42-28(39)33-18-23-19-36(29(40)41-23)22-8-9-25(24(31)16-22)34-12-14-35(15-13-34)27(38)11-10-26(37)21-6-4-20(17-32)5-7-21/h4-9,16,23H,10-15,17-19,32H2,1-3H3,(H,33,39)/t23-/m0/s1. The van der Waals surface area contributed by atoms with Crippen LogP contribution in [0.1, 0.15) is 49.5 Å². The topological polar surface area (TPSA) is 135 Å². The number of cyclic esters (lactones) is 1. The SMILES string of the molecule is CC(C)(C)OC(=O)NC[C@H]1CN(c2ccc(N3CCN(C(=O)CCC(=O)c4ccc(CN)cc4)CC3)c(F)c2)C(=O)O1. The van der Waals surface area contributed by atoms with Gasteiger partial charge in [-0.3, -0.25) is 14.5 Å². The zero-order chi connectivity index (χ0) is 30.4. The molecule has 12 heteroatoms. The third-order valence-electron chi connectivity index (χ3n) is 7.04. The van der Waals surface area contributed by atoms with E-state index in [-0.39, 0.29) is 37.6 Å². The van der Waals surface area contributed by atoms with Crippen LogP contribution in [0.5, 0.6) is 0 Å². The van der Waals surface area contributed by atoms with Gasteiger partial charge in [0, 0.05) is 51.1 Å². The summed E-state index contributed by atoms with van der Waals surface area (Å²) in [5, 5.41) is 2.58. The van der Waals surface area contributed by atoms with E-state index in [4.69, 9.17) is 15.2 Å². The van der Waals surface area contributed by atoms with Gasteiger partial charge in [0.05, 0.1) is 24.5 Å². The molecular weight excluding hydrogens is 545 g/mol. The van der Waals surface area contributed by atoms with Crippen LogP contribution in [0.4, 0.5) is 25.4 Å². The second kappa shape index (κ2) is 13.2. The van der Waals surface area contributed by atoms with E-state index in [1.807, 2.05) is 4.90 Å². The number of ether oxygens (including phenoxy) is 2. The zero-order valence-corrected chi connectivity index (χ0v) is 24.2. The Morgan fingerprint density at radius 2 is 1.74 bits per heavy atom. The van der Waals surface area contributed by atoms with E-state index in [1.165, 1.54) is 11.0 Å². The molecule has 2 aliphatic heterocycles. The Hall–Kier alpha value is -4.19. The van der Waals surface area contributed by atoms with Crippen LogP contribution in [0, 0.1) is 5.82 Å². The molecule has 3 N–H and O–H groups in total. The molecule has 0 bridgehead atoms. The van der Waals surface area contributed by atoms with Gasteiger partial charge in [-0.05, 0) is 44.5 Å². The minimum atomic E-state index is -0.650. The van der Waals surface area contributed by atoms with E-state index >= 15 is 4.39 Å². The van der Waals surface area contributed by atoms with Crippen molar-refractivity contribution in [3.8, 4) is 0 Å². The van der Waals surface area contributed by atoms with E-state index in [2.05, 4.69) is 5.32 Å². The van der Waals surface area contributed by atoms with Crippen molar-refractivity contribution in [1.82, 2.24) is 10.2 Å². The highest BCUT2D eigenvalue weighted by Crippen LogP contribution is 2.28. The minimum Gasteiger partial charge on any atom is -0.444 e. The van der Waals surface area contributed by atoms with Crippen molar-refractivity contribution in [3.05, 3.63) is 59.4 Å². The Bertz CT molecular complexity index is 1300. The predicted octanol–water partition coefficient (Wildman–Crippen LogP) is 3.45. The molecule has 0 unspecified atom stereocenters. The molecule has 2 aromatic carbocycles. The summed E-state index contributed by atoms with van der Waals surface area (Å²) in [4.78, 5) is 54.4. The quantitative estimate of drug-likeness (QED) is 0.429. The van der Waals surface area contributed by atoms with E-state index in [0.717, 1.165) is 5.56 Å². The number of alkyl carbamates (subject to hydrolysis) is 1. The third kappa shape index (κ3) is 7.96. The van der Waals surface area contributed by atoms with E-state index < -0.39 is 29.7 Å². The smallest absolute Gasteiger partial charge is 0.414 e. The van der Waals surface area contributed by atoms with Crippen molar-refractivity contribution in [2.24, 2.45) is 5.73 Å². The molecule has 2 fully saturated rings. The summed E-state index contributed by atoms with van der Waals surface area (Å²) < 4.78 is 25.7. The molecule has 226 valence electrons. The summed E-state index contributed by atoms with van der Waals surface area (Å²) in [6, 6.07) is 11.6. The Labute approximate surface area is 244 Å². The molecule has 4 rings (SSSR count). The first kappa shape index (κ1) is 30.8. The van der Waals surface area contributed by atoms with Crippen molar-refractivity contribution < 1.29 is 33.0 Å². The highest BCUT2D eigenvalue weighted by molar-refractivity contribution is 5.98. The summed E-state index contributed by atoms with van der Waals surface area (Å²) >= 11 is 0. The number of anilines is 2. The summed E-state index contributed by atoms with van der Waals surface area (Å²) in [6.45, 7) is 7.53. The van der Waals surface area contributed by atoms with Gasteiger partial charge in [0.25, 0.3) is 0 Å². The summed E-state index contributed by atoms with van der Waals surface area (Å²) in [5.74, 6) is -0.706. The van der Waals surface area contributed by atoms with Crippen molar-refractivity contribution in [2.75, 3.05) is 49.1 Å². The monoisotopic (exact) mass is 583 g/mol. The number of carbonyl (C=O) groups is 4. The Morgan fingerprint density at radius 1 is 1.05 bits per heavy atom. The van der Waals surface area contributed by atoms with Gasteiger partial charge < -0.3 is 30.3 Å². The molecule has 2 aromatic rings. The number of rotatable bonds is 9. The van der Waals surface area contributed by atoms with Crippen LogP contribution in [-0.2, 0) is 20.8 Å². The first-order chi connectivity index (χ1) is 19.9. The van der Waals surface area contributed by atoms with Crippen LogP contribution in [0.25, 0.3) is 0 Å². The first-order valence-corrected chi connectivity index (χ1v) is 14.0. The molecular formula is C30H38FN5O6. The molecule has 2 saturated heterocycles. The Balaban J connectivity index is 1.25. The van der Waals surface area contributed by atoms with Crippen molar-refractivity contribution in [2.45, 2.75) is 51.9 Å². The van der Waals surface area contributed by atoms with Crippen LogP contribution in [0.3, 0.4) is 0 Å². The third-order valence-corrected chi connectivity index (χ3v) is 7.04. The fourth-order valence-corrected chi connectivity index (χ4v) is 4.82. The number of hydrogen-bond donors (Lipinski definition) is 2. The van der Waals surface area contributed by atoms with Gasteiger partial charge in [0.1, 0.15) is 17.5 Å².